The lowest BCUT2D eigenvalue weighted by atomic mass is 9.88. The van der Waals surface area contributed by atoms with E-state index >= 15 is 0 Å². The third-order valence-electron chi connectivity index (χ3n) is 5.96. The molecule has 1 heterocycles. The van der Waals surface area contributed by atoms with Crippen molar-refractivity contribution in [2.75, 3.05) is 10.6 Å². The molecular weight excluding hydrogens is 482 g/mol. The van der Waals surface area contributed by atoms with Crippen molar-refractivity contribution in [3.8, 4) is 11.5 Å². The number of urea groups is 1. The van der Waals surface area contributed by atoms with Crippen LogP contribution in [0.2, 0.25) is 0 Å². The number of hydrogen-bond acceptors (Lipinski definition) is 5. The first-order chi connectivity index (χ1) is 17.9. The Kier molecular flexibility index (Phi) is 8.40. The van der Waals surface area contributed by atoms with Gasteiger partial charge in [-0.2, -0.15) is 0 Å². The summed E-state index contributed by atoms with van der Waals surface area (Å²) in [4.78, 5) is 40.8. The quantitative estimate of drug-likeness (QED) is 0.387. The highest BCUT2D eigenvalue weighted by atomic mass is 19.1. The molecule has 10 heteroatoms. The highest BCUT2D eigenvalue weighted by Gasteiger charge is 2.22. The number of benzene rings is 2. The van der Waals surface area contributed by atoms with E-state index in [2.05, 4.69) is 20.9 Å². The van der Waals surface area contributed by atoms with E-state index in [1.807, 2.05) is 0 Å². The van der Waals surface area contributed by atoms with Crippen molar-refractivity contribution in [2.24, 2.45) is 5.92 Å². The highest BCUT2D eigenvalue weighted by molar-refractivity contribution is 6.01. The van der Waals surface area contributed by atoms with Crippen molar-refractivity contribution in [1.29, 1.82) is 0 Å². The second-order valence-electron chi connectivity index (χ2n) is 8.75. The number of ether oxygens (including phenoxy) is 1. The summed E-state index contributed by atoms with van der Waals surface area (Å²) in [5, 5.41) is 7.35. The molecule has 0 bridgehead atoms. The zero-order valence-electron chi connectivity index (χ0n) is 19.9. The first-order valence-corrected chi connectivity index (χ1v) is 11.9. The van der Waals surface area contributed by atoms with E-state index in [-0.39, 0.29) is 35.4 Å². The minimum atomic E-state index is -0.845. The number of pyridine rings is 1. The van der Waals surface area contributed by atoms with Gasteiger partial charge in [-0.05, 0) is 42.7 Å². The van der Waals surface area contributed by atoms with Crippen LogP contribution in [-0.4, -0.2) is 22.8 Å². The summed E-state index contributed by atoms with van der Waals surface area (Å²) in [7, 11) is 0. The Morgan fingerprint density at radius 2 is 1.68 bits per heavy atom. The number of rotatable bonds is 7. The molecule has 1 aromatic heterocycles. The summed E-state index contributed by atoms with van der Waals surface area (Å²) in [6.07, 6.45) is 7.60. The van der Waals surface area contributed by atoms with Crippen molar-refractivity contribution in [1.82, 2.24) is 10.3 Å². The fraction of sp³-hybridized carbons (Fsp3) is 0.259. The number of aromatic nitrogens is 1. The van der Waals surface area contributed by atoms with Gasteiger partial charge in [0.15, 0.2) is 17.3 Å². The molecule has 4 amide bonds. The molecule has 8 nitrogen and oxygen atoms in total. The molecule has 0 saturated heterocycles. The van der Waals surface area contributed by atoms with Gasteiger partial charge in [0.1, 0.15) is 11.5 Å². The van der Waals surface area contributed by atoms with E-state index in [1.54, 1.807) is 0 Å². The van der Waals surface area contributed by atoms with Gasteiger partial charge in [0.05, 0.1) is 12.6 Å². The van der Waals surface area contributed by atoms with E-state index in [1.165, 1.54) is 54.9 Å². The second kappa shape index (κ2) is 12.1. The Bertz CT molecular complexity index is 1280. The lowest BCUT2D eigenvalue weighted by Gasteiger charge is -2.21. The molecule has 3 aromatic rings. The monoisotopic (exact) mass is 508 g/mol. The van der Waals surface area contributed by atoms with E-state index in [0.29, 0.717) is 11.3 Å². The largest absolute Gasteiger partial charge is 0.452 e. The maximum Gasteiger partial charge on any atom is 0.325 e. The van der Waals surface area contributed by atoms with Gasteiger partial charge in [0, 0.05) is 29.9 Å². The van der Waals surface area contributed by atoms with Crippen LogP contribution >= 0.6 is 0 Å². The van der Waals surface area contributed by atoms with E-state index in [4.69, 9.17) is 4.74 Å². The number of carbonyl (C=O) groups excluding carboxylic acids is 3. The number of nitrogens with zero attached hydrogens (tertiary/aromatic N) is 1. The van der Waals surface area contributed by atoms with Gasteiger partial charge in [0.25, 0.3) is 0 Å². The van der Waals surface area contributed by atoms with Gasteiger partial charge in [-0.15, -0.1) is 0 Å². The number of hydrogen-bond donors (Lipinski definition) is 3. The molecule has 192 valence electrons. The minimum absolute atomic E-state index is 0.0716. The molecule has 37 heavy (non-hydrogen) atoms. The zero-order valence-corrected chi connectivity index (χ0v) is 19.9. The standard InChI is InChI=1S/C27H26F2N4O4/c28-19-8-6-17(7-9-19)14-25(34)33-27(36)31-20-10-11-23(21(29)15-20)37-24-12-13-30-16-22(24)32-26(35)18-4-2-1-3-5-18/h6-13,15-16,18H,1-5,14H2,(H,32,35)(H2,31,33,34,36). The topological polar surface area (TPSA) is 109 Å². The van der Waals surface area contributed by atoms with Crippen LogP contribution in [0.1, 0.15) is 37.7 Å². The molecule has 3 N–H and O–H groups in total. The first-order valence-electron chi connectivity index (χ1n) is 11.9. The second-order valence-corrected chi connectivity index (χ2v) is 8.75. The lowest BCUT2D eigenvalue weighted by molar-refractivity contribution is -0.121. The number of anilines is 2. The van der Waals surface area contributed by atoms with Crippen molar-refractivity contribution in [2.45, 2.75) is 38.5 Å². The van der Waals surface area contributed by atoms with Crippen LogP contribution in [0.25, 0.3) is 0 Å². The molecule has 1 fully saturated rings. The number of halogens is 2. The van der Waals surface area contributed by atoms with Crippen molar-refractivity contribution in [3.63, 3.8) is 0 Å². The molecule has 0 spiro atoms. The Morgan fingerprint density at radius 1 is 0.919 bits per heavy atom. The third-order valence-corrected chi connectivity index (χ3v) is 5.96. The van der Waals surface area contributed by atoms with Crippen LogP contribution in [0.15, 0.2) is 60.9 Å². The van der Waals surface area contributed by atoms with Gasteiger partial charge in [-0.25, -0.2) is 13.6 Å². The SMILES string of the molecule is O=C(Cc1ccc(F)cc1)NC(=O)Nc1ccc(Oc2ccncc2NC(=O)C2CCCCC2)c(F)c1. The van der Waals surface area contributed by atoms with Crippen molar-refractivity contribution < 1.29 is 27.9 Å². The van der Waals surface area contributed by atoms with Gasteiger partial charge in [-0.3, -0.25) is 19.9 Å². The zero-order chi connectivity index (χ0) is 26.2. The molecule has 0 atom stereocenters. The Morgan fingerprint density at radius 3 is 2.41 bits per heavy atom. The number of nitrogens with one attached hydrogen (secondary N) is 3. The van der Waals surface area contributed by atoms with Crippen LogP contribution < -0.4 is 20.7 Å². The van der Waals surface area contributed by atoms with E-state index in [9.17, 15) is 23.2 Å². The van der Waals surface area contributed by atoms with Crippen LogP contribution in [0.4, 0.5) is 25.0 Å². The molecule has 1 aliphatic rings. The van der Waals surface area contributed by atoms with Crippen LogP contribution in [0, 0.1) is 17.6 Å². The summed E-state index contributed by atoms with van der Waals surface area (Å²) < 4.78 is 33.4. The molecule has 1 saturated carbocycles. The summed E-state index contributed by atoms with van der Waals surface area (Å²) in [5.41, 5.74) is 0.959. The van der Waals surface area contributed by atoms with E-state index < -0.39 is 23.6 Å². The number of imide groups is 1. The molecule has 2 aromatic carbocycles. The fourth-order valence-electron chi connectivity index (χ4n) is 4.06. The maximum absolute atomic E-state index is 14.8. The Balaban J connectivity index is 1.34. The molecule has 0 aliphatic heterocycles. The molecule has 1 aliphatic carbocycles. The minimum Gasteiger partial charge on any atom is -0.452 e. The normalized spacial score (nSPS) is 13.5. The van der Waals surface area contributed by atoms with Gasteiger partial charge >= 0.3 is 6.03 Å². The number of carbonyl (C=O) groups is 3. The number of amides is 4. The van der Waals surface area contributed by atoms with Crippen molar-refractivity contribution in [3.05, 3.63) is 78.1 Å². The Labute approximate surface area is 212 Å². The average molecular weight is 509 g/mol. The smallest absolute Gasteiger partial charge is 0.325 e. The molecular formula is C27H26F2N4O4. The van der Waals surface area contributed by atoms with Crippen LogP contribution in [0.3, 0.4) is 0 Å². The lowest BCUT2D eigenvalue weighted by Crippen LogP contribution is -2.35. The van der Waals surface area contributed by atoms with Gasteiger partial charge < -0.3 is 15.4 Å². The summed E-state index contributed by atoms with van der Waals surface area (Å²) in [6.45, 7) is 0. The van der Waals surface area contributed by atoms with Crippen LogP contribution in [0.5, 0.6) is 11.5 Å². The predicted octanol–water partition coefficient (Wildman–Crippen LogP) is 5.56. The molecule has 4 rings (SSSR count). The van der Waals surface area contributed by atoms with Crippen LogP contribution in [-0.2, 0) is 16.0 Å². The highest BCUT2D eigenvalue weighted by Crippen LogP contribution is 2.32. The fourth-order valence-corrected chi connectivity index (χ4v) is 4.06. The van der Waals surface area contributed by atoms with Gasteiger partial charge in [-0.1, -0.05) is 31.4 Å². The first kappa shape index (κ1) is 25.7. The average Bonchev–Trinajstić information content (AvgIpc) is 2.88. The molecule has 0 unspecified atom stereocenters. The maximum atomic E-state index is 14.8. The molecule has 0 radical (unpaired) electrons. The van der Waals surface area contributed by atoms with Crippen molar-refractivity contribution >= 4 is 29.2 Å². The summed E-state index contributed by atoms with van der Waals surface area (Å²) in [5.74, 6) is -1.89. The van der Waals surface area contributed by atoms with E-state index in [0.717, 1.165) is 38.2 Å². The summed E-state index contributed by atoms with van der Waals surface area (Å²) in [6, 6.07) is 9.75. The third kappa shape index (κ3) is 7.33. The Hall–Kier alpha value is -4.34. The summed E-state index contributed by atoms with van der Waals surface area (Å²) >= 11 is 0. The van der Waals surface area contributed by atoms with Gasteiger partial charge in [0.2, 0.25) is 11.8 Å². The predicted molar refractivity (Wildman–Crippen MR) is 133 cm³/mol.